The Labute approximate surface area is 136 Å². The fraction of sp³-hybridized carbons (Fsp3) is 0.300. The van der Waals surface area contributed by atoms with Crippen molar-refractivity contribution in [1.29, 1.82) is 0 Å². The average Bonchev–Trinajstić information content (AvgIpc) is 2.51. The van der Waals surface area contributed by atoms with Crippen LogP contribution in [0.5, 0.6) is 0 Å². The fourth-order valence-electron chi connectivity index (χ4n) is 2.76. The van der Waals surface area contributed by atoms with Crippen molar-refractivity contribution in [3.8, 4) is 11.4 Å². The summed E-state index contributed by atoms with van der Waals surface area (Å²) >= 11 is 0. The summed E-state index contributed by atoms with van der Waals surface area (Å²) in [6.07, 6.45) is 0. The van der Waals surface area contributed by atoms with E-state index in [-0.39, 0.29) is 11.0 Å². The molecule has 2 aromatic carbocycles. The number of benzene rings is 2. The molecule has 0 saturated heterocycles. The maximum Gasteiger partial charge on any atom is 0.261 e. The summed E-state index contributed by atoms with van der Waals surface area (Å²) in [6, 6.07) is 14.1. The van der Waals surface area contributed by atoms with E-state index < -0.39 is 0 Å². The normalized spacial score (nSPS) is 11.9. The first-order chi connectivity index (χ1) is 10.8. The number of aromatic nitrogens is 2. The highest BCUT2D eigenvalue weighted by Gasteiger charge is 2.15. The quantitative estimate of drug-likeness (QED) is 0.675. The van der Waals surface area contributed by atoms with Gasteiger partial charge in [0.25, 0.3) is 5.56 Å². The van der Waals surface area contributed by atoms with Crippen molar-refractivity contribution < 1.29 is 0 Å². The Morgan fingerprint density at radius 1 is 1.00 bits per heavy atom. The zero-order valence-corrected chi connectivity index (χ0v) is 14.3. The van der Waals surface area contributed by atoms with Gasteiger partial charge in [-0.15, -0.1) is 0 Å². The molecule has 0 bridgehead atoms. The molecule has 3 heteroatoms. The predicted molar refractivity (Wildman–Crippen MR) is 95.9 cm³/mol. The van der Waals surface area contributed by atoms with E-state index in [9.17, 15) is 4.79 Å². The van der Waals surface area contributed by atoms with E-state index in [0.29, 0.717) is 11.2 Å². The molecule has 0 radical (unpaired) electrons. The van der Waals surface area contributed by atoms with Gasteiger partial charge in [-0.3, -0.25) is 9.36 Å². The molecule has 0 aliphatic heterocycles. The van der Waals surface area contributed by atoms with Gasteiger partial charge in [-0.1, -0.05) is 56.7 Å². The van der Waals surface area contributed by atoms with Gasteiger partial charge in [-0.25, -0.2) is 4.98 Å². The Kier molecular flexibility index (Phi) is 3.59. The number of hydrogen-bond donors (Lipinski definition) is 0. The van der Waals surface area contributed by atoms with Crippen LogP contribution in [-0.4, -0.2) is 9.55 Å². The van der Waals surface area contributed by atoms with Crippen LogP contribution < -0.4 is 5.56 Å². The molecule has 0 N–H and O–H groups in total. The van der Waals surface area contributed by atoms with E-state index in [1.54, 1.807) is 11.6 Å². The summed E-state index contributed by atoms with van der Waals surface area (Å²) in [5.41, 5.74) is 4.14. The summed E-state index contributed by atoms with van der Waals surface area (Å²) in [7, 11) is 1.78. The average molecular weight is 306 g/mol. The molecule has 0 fully saturated rings. The van der Waals surface area contributed by atoms with Crippen LogP contribution >= 0.6 is 0 Å². The maximum absolute atomic E-state index is 12.6. The molecule has 0 spiro atoms. The summed E-state index contributed by atoms with van der Waals surface area (Å²) in [6.45, 7) is 8.55. The highest BCUT2D eigenvalue weighted by Crippen LogP contribution is 2.25. The number of fused-ring (bicyclic) bond motifs is 1. The van der Waals surface area contributed by atoms with Gasteiger partial charge in [-0.2, -0.15) is 0 Å². The van der Waals surface area contributed by atoms with Gasteiger partial charge in [-0.05, 0) is 30.0 Å². The molecule has 3 rings (SSSR count). The van der Waals surface area contributed by atoms with Crippen molar-refractivity contribution in [1.82, 2.24) is 9.55 Å². The number of aryl methyl sites for hydroxylation is 1. The molecule has 1 heterocycles. The molecule has 3 aromatic rings. The smallest absolute Gasteiger partial charge is 0.261 e. The van der Waals surface area contributed by atoms with E-state index in [2.05, 4.69) is 32.9 Å². The Hall–Kier alpha value is -2.42. The highest BCUT2D eigenvalue weighted by atomic mass is 16.1. The van der Waals surface area contributed by atoms with Crippen LogP contribution in [0.1, 0.15) is 31.9 Å². The van der Waals surface area contributed by atoms with Crippen molar-refractivity contribution in [2.45, 2.75) is 33.1 Å². The van der Waals surface area contributed by atoms with Gasteiger partial charge in [0.05, 0.1) is 10.9 Å². The van der Waals surface area contributed by atoms with Gasteiger partial charge in [0.1, 0.15) is 5.82 Å². The van der Waals surface area contributed by atoms with Crippen molar-refractivity contribution in [3.63, 3.8) is 0 Å². The lowest BCUT2D eigenvalue weighted by Crippen LogP contribution is -2.20. The largest absolute Gasteiger partial charge is 0.295 e. The summed E-state index contributed by atoms with van der Waals surface area (Å²) in [5, 5.41) is 0.669. The minimum Gasteiger partial charge on any atom is -0.295 e. The molecule has 23 heavy (non-hydrogen) atoms. The summed E-state index contributed by atoms with van der Waals surface area (Å²) in [5.74, 6) is 0.701. The van der Waals surface area contributed by atoms with Gasteiger partial charge >= 0.3 is 0 Å². The fourth-order valence-corrected chi connectivity index (χ4v) is 2.76. The van der Waals surface area contributed by atoms with Crippen LogP contribution in [0.4, 0.5) is 0 Å². The first-order valence-electron chi connectivity index (χ1n) is 7.86. The maximum atomic E-state index is 12.6. The second-order valence-corrected chi connectivity index (χ2v) is 7.15. The lowest BCUT2D eigenvalue weighted by Gasteiger charge is -2.19. The lowest BCUT2D eigenvalue weighted by atomic mass is 9.86. The van der Waals surface area contributed by atoms with Crippen molar-refractivity contribution in [2.24, 2.45) is 7.05 Å². The second-order valence-electron chi connectivity index (χ2n) is 7.15. The number of hydrogen-bond acceptors (Lipinski definition) is 2. The summed E-state index contributed by atoms with van der Waals surface area (Å²) < 4.78 is 1.63. The van der Waals surface area contributed by atoms with Crippen molar-refractivity contribution in [3.05, 3.63) is 63.9 Å². The molecule has 0 unspecified atom stereocenters. The number of nitrogens with zero attached hydrogens (tertiary/aromatic N) is 2. The summed E-state index contributed by atoms with van der Waals surface area (Å²) in [4.78, 5) is 17.3. The van der Waals surface area contributed by atoms with Crippen LogP contribution in [0, 0.1) is 6.92 Å². The standard InChI is InChI=1S/C20H22N2O/c1-13-6-11-17-16(12-13)19(23)22(5)18(21-17)14-7-9-15(10-8-14)20(2,3)4/h6-12H,1-5H3. The Balaban J connectivity index is 2.19. The van der Waals surface area contributed by atoms with Crippen LogP contribution in [0.3, 0.4) is 0 Å². The molecule has 1 aromatic heterocycles. The Bertz CT molecular complexity index is 929. The van der Waals surface area contributed by atoms with Crippen LogP contribution in [-0.2, 0) is 12.5 Å². The Morgan fingerprint density at radius 2 is 1.65 bits per heavy atom. The minimum absolute atomic E-state index is 0.00593. The SMILES string of the molecule is Cc1ccc2nc(-c3ccc(C(C)(C)C)cc3)n(C)c(=O)c2c1. The molecule has 118 valence electrons. The van der Waals surface area contributed by atoms with Crippen LogP contribution in [0.15, 0.2) is 47.3 Å². The zero-order chi connectivity index (χ0) is 16.8. The van der Waals surface area contributed by atoms with Gasteiger partial charge in [0.2, 0.25) is 0 Å². The molecule has 0 saturated carbocycles. The highest BCUT2D eigenvalue weighted by molar-refractivity contribution is 5.80. The third-order valence-electron chi connectivity index (χ3n) is 4.24. The number of rotatable bonds is 1. The second kappa shape index (κ2) is 5.34. The third kappa shape index (κ3) is 2.79. The van der Waals surface area contributed by atoms with E-state index in [4.69, 9.17) is 4.98 Å². The Morgan fingerprint density at radius 3 is 2.26 bits per heavy atom. The molecule has 3 nitrogen and oxygen atoms in total. The van der Waals surface area contributed by atoms with Crippen LogP contribution in [0.2, 0.25) is 0 Å². The van der Waals surface area contributed by atoms with Gasteiger partial charge < -0.3 is 0 Å². The van der Waals surface area contributed by atoms with E-state index in [1.807, 2.05) is 37.3 Å². The molecular weight excluding hydrogens is 284 g/mol. The first kappa shape index (κ1) is 15.5. The minimum atomic E-state index is -0.00593. The van der Waals surface area contributed by atoms with E-state index in [0.717, 1.165) is 16.6 Å². The van der Waals surface area contributed by atoms with Gasteiger partial charge in [0.15, 0.2) is 0 Å². The predicted octanol–water partition coefficient (Wildman–Crippen LogP) is 4.21. The molecular formula is C20H22N2O. The third-order valence-corrected chi connectivity index (χ3v) is 4.24. The van der Waals surface area contributed by atoms with Crippen LogP contribution in [0.25, 0.3) is 22.3 Å². The van der Waals surface area contributed by atoms with Gasteiger partial charge in [0, 0.05) is 12.6 Å². The first-order valence-corrected chi connectivity index (χ1v) is 7.86. The lowest BCUT2D eigenvalue weighted by molar-refractivity contribution is 0.590. The van der Waals surface area contributed by atoms with Crippen molar-refractivity contribution in [2.75, 3.05) is 0 Å². The monoisotopic (exact) mass is 306 g/mol. The molecule has 0 aliphatic rings. The molecule has 0 aliphatic carbocycles. The van der Waals surface area contributed by atoms with E-state index >= 15 is 0 Å². The molecule has 0 atom stereocenters. The topological polar surface area (TPSA) is 34.9 Å². The molecule has 0 amide bonds. The van der Waals surface area contributed by atoms with Crippen molar-refractivity contribution >= 4 is 10.9 Å². The van der Waals surface area contributed by atoms with E-state index in [1.165, 1.54) is 5.56 Å². The zero-order valence-electron chi connectivity index (χ0n) is 14.3.